The van der Waals surface area contributed by atoms with Crippen molar-refractivity contribution >= 4 is 15.6 Å². The van der Waals surface area contributed by atoms with Crippen LogP contribution in [0.15, 0.2) is 57.4 Å². The van der Waals surface area contributed by atoms with Crippen LogP contribution in [-0.2, 0) is 15.5 Å². The fourth-order valence-corrected chi connectivity index (χ4v) is 3.66. The quantitative estimate of drug-likeness (QED) is 0.697. The lowest BCUT2D eigenvalue weighted by Crippen LogP contribution is -2.06. The Bertz CT molecular complexity index is 1050. The third kappa shape index (κ3) is 4.40. The van der Waals surface area contributed by atoms with E-state index in [9.17, 15) is 13.4 Å². The molecule has 26 heavy (non-hydrogen) atoms. The molecule has 0 N–H and O–H groups in total. The molecule has 1 atom stereocenters. The maximum Gasteiger partial charge on any atom is 0.285 e. The predicted octanol–water partition coefficient (Wildman–Crippen LogP) is 3.62. The van der Waals surface area contributed by atoms with Crippen molar-refractivity contribution in [3.63, 3.8) is 0 Å². The van der Waals surface area contributed by atoms with Gasteiger partial charge in [-0.15, -0.1) is 0 Å². The van der Waals surface area contributed by atoms with Crippen molar-refractivity contribution in [1.29, 1.82) is 0 Å². The van der Waals surface area contributed by atoms with E-state index < -0.39 is 15.6 Å². The molecule has 0 fully saturated rings. The summed E-state index contributed by atoms with van der Waals surface area (Å²) in [4.78, 5) is 16.4. The first-order chi connectivity index (χ1) is 12.3. The SMILES string of the molecule is Cc1nc(-c2ccc(C(=O)N=S(C)(=O)Cc3ccc(F)cc3)cc2)no1. The van der Waals surface area contributed by atoms with E-state index >= 15 is 0 Å². The van der Waals surface area contributed by atoms with Gasteiger partial charge in [0.05, 0.1) is 15.5 Å². The maximum atomic E-state index is 12.9. The molecule has 0 spiro atoms. The molecule has 1 amide bonds. The summed E-state index contributed by atoms with van der Waals surface area (Å²) in [7, 11) is -2.79. The molecular formula is C18H16FN3O3S. The number of nitrogens with zero attached hydrogens (tertiary/aromatic N) is 3. The summed E-state index contributed by atoms with van der Waals surface area (Å²) in [5.41, 5.74) is 1.66. The Morgan fingerprint density at radius 1 is 1.15 bits per heavy atom. The molecule has 1 heterocycles. The highest BCUT2D eigenvalue weighted by Crippen LogP contribution is 2.17. The van der Waals surface area contributed by atoms with Crippen molar-refractivity contribution in [3.8, 4) is 11.4 Å². The van der Waals surface area contributed by atoms with Crippen molar-refractivity contribution in [1.82, 2.24) is 10.1 Å². The van der Waals surface area contributed by atoms with E-state index in [1.807, 2.05) is 0 Å². The van der Waals surface area contributed by atoms with Gasteiger partial charge in [0.25, 0.3) is 5.91 Å². The Morgan fingerprint density at radius 2 is 1.81 bits per heavy atom. The van der Waals surface area contributed by atoms with Gasteiger partial charge in [0.15, 0.2) is 0 Å². The third-order valence-electron chi connectivity index (χ3n) is 3.54. The Hall–Kier alpha value is -2.87. The van der Waals surface area contributed by atoms with E-state index in [1.165, 1.54) is 30.5 Å². The van der Waals surface area contributed by atoms with Crippen molar-refractivity contribution < 1.29 is 17.9 Å². The minimum atomic E-state index is -2.79. The van der Waals surface area contributed by atoms with E-state index in [2.05, 4.69) is 14.5 Å². The molecule has 1 aromatic heterocycles. The summed E-state index contributed by atoms with van der Waals surface area (Å²) in [6.07, 6.45) is 1.41. The minimum absolute atomic E-state index is 0.0687. The summed E-state index contributed by atoms with van der Waals surface area (Å²) in [5, 5.41) is 3.81. The topological polar surface area (TPSA) is 85.4 Å². The van der Waals surface area contributed by atoms with Gasteiger partial charge in [0.2, 0.25) is 11.7 Å². The van der Waals surface area contributed by atoms with Crippen molar-refractivity contribution in [2.24, 2.45) is 4.36 Å². The lowest BCUT2D eigenvalue weighted by Gasteiger charge is -2.04. The first-order valence-electron chi connectivity index (χ1n) is 7.72. The normalized spacial score (nSPS) is 13.2. The molecule has 0 bridgehead atoms. The summed E-state index contributed by atoms with van der Waals surface area (Å²) in [5.74, 6) is -0.00778. The van der Waals surface area contributed by atoms with Gasteiger partial charge in [0, 0.05) is 24.3 Å². The molecule has 1 unspecified atom stereocenters. The van der Waals surface area contributed by atoms with Gasteiger partial charge in [0.1, 0.15) is 5.82 Å². The molecule has 3 rings (SSSR count). The molecule has 0 aliphatic heterocycles. The van der Waals surface area contributed by atoms with Crippen LogP contribution in [0.2, 0.25) is 0 Å². The van der Waals surface area contributed by atoms with Gasteiger partial charge < -0.3 is 4.52 Å². The van der Waals surface area contributed by atoms with Crippen molar-refractivity contribution in [3.05, 3.63) is 71.4 Å². The molecule has 0 aliphatic carbocycles. The standard InChI is InChI=1S/C18H16FN3O3S/c1-12-20-17(21-25-12)14-5-7-15(8-6-14)18(23)22-26(2,24)11-13-3-9-16(19)10-4-13/h3-10H,11H2,1-2H3. The van der Waals surface area contributed by atoms with E-state index in [0.29, 0.717) is 28.4 Å². The van der Waals surface area contributed by atoms with Crippen LogP contribution < -0.4 is 0 Å². The number of carbonyl (C=O) groups excluding carboxylic acids is 1. The van der Waals surface area contributed by atoms with E-state index in [4.69, 9.17) is 4.52 Å². The molecule has 134 valence electrons. The summed E-state index contributed by atoms with van der Waals surface area (Å²) < 4.78 is 34.3. The van der Waals surface area contributed by atoms with E-state index in [0.717, 1.165) is 0 Å². The van der Waals surface area contributed by atoms with Crippen molar-refractivity contribution in [2.75, 3.05) is 6.26 Å². The highest BCUT2D eigenvalue weighted by molar-refractivity contribution is 7.92. The number of benzene rings is 2. The highest BCUT2D eigenvalue weighted by atomic mass is 32.2. The van der Waals surface area contributed by atoms with Crippen LogP contribution in [0.3, 0.4) is 0 Å². The fourth-order valence-electron chi connectivity index (χ4n) is 2.33. The van der Waals surface area contributed by atoms with Gasteiger partial charge >= 0.3 is 0 Å². The van der Waals surface area contributed by atoms with Crippen molar-refractivity contribution in [2.45, 2.75) is 12.7 Å². The van der Waals surface area contributed by atoms with Crippen LogP contribution in [0, 0.1) is 12.7 Å². The zero-order valence-electron chi connectivity index (χ0n) is 14.2. The number of carbonyl (C=O) groups is 1. The van der Waals surface area contributed by atoms with Gasteiger partial charge in [-0.3, -0.25) is 4.79 Å². The highest BCUT2D eigenvalue weighted by Gasteiger charge is 2.12. The largest absolute Gasteiger partial charge is 0.339 e. The van der Waals surface area contributed by atoms with Crippen LogP contribution in [0.1, 0.15) is 21.8 Å². The molecule has 0 saturated carbocycles. The molecule has 0 saturated heterocycles. The van der Waals surface area contributed by atoms with Crippen LogP contribution in [0.5, 0.6) is 0 Å². The fraction of sp³-hybridized carbons (Fsp3) is 0.167. The second-order valence-corrected chi connectivity index (χ2v) is 8.23. The second-order valence-electron chi connectivity index (χ2n) is 5.84. The van der Waals surface area contributed by atoms with E-state index in [-0.39, 0.29) is 11.6 Å². The van der Waals surface area contributed by atoms with Crippen LogP contribution in [0.4, 0.5) is 4.39 Å². The minimum Gasteiger partial charge on any atom is -0.339 e. The summed E-state index contributed by atoms with van der Waals surface area (Å²) in [6, 6.07) is 12.1. The number of aryl methyl sites for hydroxylation is 1. The average Bonchev–Trinajstić information content (AvgIpc) is 3.03. The molecule has 3 aromatic rings. The monoisotopic (exact) mass is 373 g/mol. The van der Waals surface area contributed by atoms with Crippen LogP contribution >= 0.6 is 0 Å². The smallest absolute Gasteiger partial charge is 0.285 e. The number of hydrogen-bond donors (Lipinski definition) is 0. The Balaban J connectivity index is 1.78. The molecular weight excluding hydrogens is 357 g/mol. The molecule has 2 aromatic carbocycles. The number of aromatic nitrogens is 2. The van der Waals surface area contributed by atoms with E-state index in [1.54, 1.807) is 31.2 Å². The predicted molar refractivity (Wildman–Crippen MR) is 95.4 cm³/mol. The maximum absolute atomic E-state index is 12.9. The molecule has 6 nitrogen and oxygen atoms in total. The lowest BCUT2D eigenvalue weighted by atomic mass is 10.1. The summed E-state index contributed by atoms with van der Waals surface area (Å²) >= 11 is 0. The number of amides is 1. The molecule has 0 aliphatic rings. The average molecular weight is 373 g/mol. The molecule has 8 heteroatoms. The number of rotatable bonds is 4. The Labute approximate surface area is 150 Å². The number of hydrogen-bond acceptors (Lipinski definition) is 5. The lowest BCUT2D eigenvalue weighted by molar-refractivity contribution is 0.100. The third-order valence-corrected chi connectivity index (χ3v) is 4.96. The Morgan fingerprint density at radius 3 is 2.38 bits per heavy atom. The Kier molecular flexibility index (Phi) is 4.94. The first-order valence-corrected chi connectivity index (χ1v) is 9.81. The zero-order valence-corrected chi connectivity index (χ0v) is 15.0. The zero-order chi connectivity index (χ0) is 18.7. The van der Waals surface area contributed by atoms with Gasteiger partial charge in [-0.25, -0.2) is 8.60 Å². The van der Waals surface area contributed by atoms with Crippen LogP contribution in [0.25, 0.3) is 11.4 Å². The first kappa shape index (κ1) is 17.9. The summed E-state index contributed by atoms with van der Waals surface area (Å²) in [6.45, 7) is 1.69. The number of halogens is 1. The second kappa shape index (κ2) is 7.17. The molecule has 0 radical (unpaired) electrons. The van der Waals surface area contributed by atoms with Gasteiger partial charge in [-0.2, -0.15) is 9.35 Å². The van der Waals surface area contributed by atoms with Crippen LogP contribution in [-0.4, -0.2) is 26.5 Å². The van der Waals surface area contributed by atoms with Gasteiger partial charge in [-0.1, -0.05) is 29.4 Å². The van der Waals surface area contributed by atoms with Gasteiger partial charge in [-0.05, 0) is 29.8 Å².